The fourth-order valence-electron chi connectivity index (χ4n) is 3.28. The van der Waals surface area contributed by atoms with Gasteiger partial charge in [-0.1, -0.05) is 6.07 Å². The number of halogens is 1. The molecule has 3 aromatic rings. The molecule has 4 rings (SSSR count). The van der Waals surface area contributed by atoms with Gasteiger partial charge >= 0.3 is 0 Å². The first-order valence-corrected chi connectivity index (χ1v) is 9.20. The molecule has 3 aromatic carbocycles. The van der Waals surface area contributed by atoms with E-state index in [1.165, 1.54) is 30.5 Å². The Morgan fingerprint density at radius 3 is 2.43 bits per heavy atom. The summed E-state index contributed by atoms with van der Waals surface area (Å²) in [6.07, 6.45) is 1.42. The molecule has 0 spiro atoms. The predicted molar refractivity (Wildman–Crippen MR) is 111 cm³/mol. The Morgan fingerprint density at radius 1 is 1.03 bits per heavy atom. The molecule has 8 heteroatoms. The van der Waals surface area contributed by atoms with Crippen LogP contribution >= 0.6 is 0 Å². The zero-order valence-corrected chi connectivity index (χ0v) is 15.8. The lowest BCUT2D eigenvalue weighted by Gasteiger charge is -2.17. The van der Waals surface area contributed by atoms with E-state index in [0.717, 1.165) is 16.8 Å². The summed E-state index contributed by atoms with van der Waals surface area (Å²) in [7, 11) is 0. The summed E-state index contributed by atoms with van der Waals surface area (Å²) in [5.41, 5.74) is 6.64. The van der Waals surface area contributed by atoms with Crippen LogP contribution < -0.4 is 10.3 Å². The van der Waals surface area contributed by atoms with Gasteiger partial charge in [0.1, 0.15) is 5.82 Å². The van der Waals surface area contributed by atoms with Crippen LogP contribution in [-0.4, -0.2) is 17.0 Å². The second kappa shape index (κ2) is 8.12. The average Bonchev–Trinajstić information content (AvgIpc) is 3.18. The van der Waals surface area contributed by atoms with Crippen LogP contribution in [-0.2, 0) is 13.1 Å². The van der Waals surface area contributed by atoms with Gasteiger partial charge in [0.15, 0.2) is 0 Å². The minimum atomic E-state index is -0.478. The standard InChI is InChI=1S/C22H17FN4O3/c23-19-5-9-20(10-6-19)26-13-17-4-3-16(11-18(17)14-26)22(28)25-24-12-15-1-7-21(8-2-15)27(29)30/h1-12H,13-14H2,(H,25,28)/b24-12+. The Morgan fingerprint density at radius 2 is 1.73 bits per heavy atom. The van der Waals surface area contributed by atoms with Crippen molar-refractivity contribution in [1.82, 2.24) is 5.43 Å². The van der Waals surface area contributed by atoms with Gasteiger partial charge < -0.3 is 4.90 Å². The van der Waals surface area contributed by atoms with Crippen molar-refractivity contribution >= 4 is 23.5 Å². The molecule has 30 heavy (non-hydrogen) atoms. The van der Waals surface area contributed by atoms with Crippen LogP contribution in [0, 0.1) is 15.9 Å². The zero-order chi connectivity index (χ0) is 21.1. The number of amides is 1. The highest BCUT2D eigenvalue weighted by molar-refractivity contribution is 5.95. The number of hydrazone groups is 1. The SMILES string of the molecule is O=C(N/N=C/c1ccc([N+](=O)[O-])cc1)c1ccc2c(c1)CN(c1ccc(F)cc1)C2. The predicted octanol–water partition coefficient (Wildman–Crippen LogP) is 4.02. The summed E-state index contributed by atoms with van der Waals surface area (Å²) in [4.78, 5) is 24.7. The number of hydrogen-bond donors (Lipinski definition) is 1. The van der Waals surface area contributed by atoms with Gasteiger partial charge in [0.25, 0.3) is 11.6 Å². The molecule has 0 saturated heterocycles. The first kappa shape index (κ1) is 19.3. The lowest BCUT2D eigenvalue weighted by Crippen LogP contribution is -2.17. The average molecular weight is 404 g/mol. The van der Waals surface area contributed by atoms with Gasteiger partial charge in [0.2, 0.25) is 0 Å². The smallest absolute Gasteiger partial charge is 0.271 e. The molecule has 0 atom stereocenters. The topological polar surface area (TPSA) is 87.8 Å². The highest BCUT2D eigenvalue weighted by atomic mass is 19.1. The Balaban J connectivity index is 1.40. The molecule has 7 nitrogen and oxygen atoms in total. The number of hydrogen-bond acceptors (Lipinski definition) is 5. The van der Waals surface area contributed by atoms with Crippen molar-refractivity contribution < 1.29 is 14.1 Å². The van der Waals surface area contributed by atoms with E-state index in [2.05, 4.69) is 15.4 Å². The fraction of sp³-hybridized carbons (Fsp3) is 0.0909. The fourth-order valence-corrected chi connectivity index (χ4v) is 3.28. The highest BCUT2D eigenvalue weighted by Crippen LogP contribution is 2.29. The summed E-state index contributed by atoms with van der Waals surface area (Å²) in [6.45, 7) is 1.33. The van der Waals surface area contributed by atoms with Gasteiger partial charge in [-0.05, 0) is 65.2 Å². The molecular formula is C22H17FN4O3. The minimum Gasteiger partial charge on any atom is -0.363 e. The molecule has 1 aliphatic heterocycles. The van der Waals surface area contributed by atoms with Crippen molar-refractivity contribution in [2.45, 2.75) is 13.1 Å². The molecule has 0 unspecified atom stereocenters. The third-order valence-corrected chi connectivity index (χ3v) is 4.87. The van der Waals surface area contributed by atoms with Crippen LogP contribution in [0.15, 0.2) is 71.8 Å². The molecule has 150 valence electrons. The molecule has 0 radical (unpaired) electrons. The van der Waals surface area contributed by atoms with E-state index in [4.69, 9.17) is 0 Å². The maximum Gasteiger partial charge on any atom is 0.271 e. The third-order valence-electron chi connectivity index (χ3n) is 4.87. The lowest BCUT2D eigenvalue weighted by atomic mass is 10.1. The van der Waals surface area contributed by atoms with E-state index in [0.29, 0.717) is 24.2 Å². The number of anilines is 1. The van der Waals surface area contributed by atoms with E-state index in [-0.39, 0.29) is 17.4 Å². The van der Waals surface area contributed by atoms with E-state index < -0.39 is 4.92 Å². The van der Waals surface area contributed by atoms with Crippen LogP contribution in [0.4, 0.5) is 15.8 Å². The van der Waals surface area contributed by atoms with Gasteiger partial charge in [-0.3, -0.25) is 14.9 Å². The largest absolute Gasteiger partial charge is 0.363 e. The van der Waals surface area contributed by atoms with Gasteiger partial charge in [-0.2, -0.15) is 5.10 Å². The molecule has 1 amide bonds. The van der Waals surface area contributed by atoms with Gasteiger partial charge in [-0.15, -0.1) is 0 Å². The second-order valence-corrected chi connectivity index (χ2v) is 6.86. The lowest BCUT2D eigenvalue weighted by molar-refractivity contribution is -0.384. The van der Waals surface area contributed by atoms with Crippen molar-refractivity contribution in [2.75, 3.05) is 4.90 Å². The molecule has 0 aliphatic carbocycles. The molecule has 1 N–H and O–H groups in total. The minimum absolute atomic E-state index is 0.0102. The molecule has 0 bridgehead atoms. The van der Waals surface area contributed by atoms with Crippen LogP contribution in [0.3, 0.4) is 0 Å². The first-order chi connectivity index (χ1) is 14.5. The summed E-state index contributed by atoms with van der Waals surface area (Å²) in [5, 5.41) is 14.6. The highest BCUT2D eigenvalue weighted by Gasteiger charge is 2.20. The number of nitro groups is 1. The third kappa shape index (κ3) is 4.17. The van der Waals surface area contributed by atoms with Crippen molar-refractivity contribution in [3.8, 4) is 0 Å². The van der Waals surface area contributed by atoms with Gasteiger partial charge in [-0.25, -0.2) is 9.82 Å². The van der Waals surface area contributed by atoms with Crippen LogP contribution in [0.5, 0.6) is 0 Å². The van der Waals surface area contributed by atoms with Crippen LogP contribution in [0.2, 0.25) is 0 Å². The summed E-state index contributed by atoms with van der Waals surface area (Å²) < 4.78 is 13.1. The normalized spacial score (nSPS) is 12.8. The van der Waals surface area contributed by atoms with Crippen molar-refractivity contribution in [3.05, 3.63) is 105 Å². The number of carbonyl (C=O) groups excluding carboxylic acids is 1. The Kier molecular flexibility index (Phi) is 5.21. The molecule has 0 aromatic heterocycles. The van der Waals surface area contributed by atoms with E-state index in [9.17, 15) is 19.3 Å². The maximum atomic E-state index is 13.1. The van der Waals surface area contributed by atoms with Crippen molar-refractivity contribution in [2.24, 2.45) is 5.10 Å². The van der Waals surface area contributed by atoms with E-state index in [1.54, 1.807) is 30.3 Å². The number of rotatable bonds is 5. The Hall–Kier alpha value is -4.07. The van der Waals surface area contributed by atoms with E-state index >= 15 is 0 Å². The number of fused-ring (bicyclic) bond motifs is 1. The summed E-state index contributed by atoms with van der Waals surface area (Å²) >= 11 is 0. The van der Waals surface area contributed by atoms with Crippen LogP contribution in [0.25, 0.3) is 0 Å². The van der Waals surface area contributed by atoms with Gasteiger partial charge in [0, 0.05) is 36.5 Å². The first-order valence-electron chi connectivity index (χ1n) is 9.20. The second-order valence-electron chi connectivity index (χ2n) is 6.86. The monoisotopic (exact) mass is 404 g/mol. The van der Waals surface area contributed by atoms with Crippen LogP contribution in [0.1, 0.15) is 27.0 Å². The number of non-ortho nitro benzene ring substituents is 1. The van der Waals surface area contributed by atoms with Crippen molar-refractivity contribution in [3.63, 3.8) is 0 Å². The number of benzene rings is 3. The number of carbonyl (C=O) groups is 1. The number of nitrogens with zero attached hydrogens (tertiary/aromatic N) is 3. The molecule has 1 aliphatic rings. The molecule has 0 saturated carbocycles. The number of nitro benzene ring substituents is 1. The maximum absolute atomic E-state index is 13.1. The van der Waals surface area contributed by atoms with Gasteiger partial charge in [0.05, 0.1) is 11.1 Å². The summed E-state index contributed by atoms with van der Waals surface area (Å²) in [6, 6.07) is 17.7. The molecule has 0 fully saturated rings. The van der Waals surface area contributed by atoms with Crippen molar-refractivity contribution in [1.29, 1.82) is 0 Å². The van der Waals surface area contributed by atoms with E-state index in [1.807, 2.05) is 12.1 Å². The Labute approximate surface area is 171 Å². The quantitative estimate of drug-likeness (QED) is 0.395. The summed E-state index contributed by atoms with van der Waals surface area (Å²) in [5.74, 6) is -0.625. The zero-order valence-electron chi connectivity index (χ0n) is 15.8. The molecular weight excluding hydrogens is 387 g/mol. The Bertz CT molecular complexity index is 1130. The number of nitrogens with one attached hydrogen (secondary N) is 1. The molecule has 1 heterocycles.